The van der Waals surface area contributed by atoms with E-state index in [2.05, 4.69) is 44.3 Å². The molecule has 2 rings (SSSR count). The second-order valence-corrected chi connectivity index (χ2v) is 5.40. The first-order valence-electron chi connectivity index (χ1n) is 7.33. The van der Waals surface area contributed by atoms with Gasteiger partial charge in [-0.3, -0.25) is 0 Å². The molecule has 1 aromatic carbocycles. The molecule has 19 heavy (non-hydrogen) atoms. The predicted octanol–water partition coefficient (Wildman–Crippen LogP) is 4.04. The Hall–Kier alpha value is -1.28. The van der Waals surface area contributed by atoms with Gasteiger partial charge in [0.15, 0.2) is 0 Å². The summed E-state index contributed by atoms with van der Waals surface area (Å²) >= 11 is 0. The molecule has 1 aliphatic rings. The van der Waals surface area contributed by atoms with E-state index in [0.29, 0.717) is 6.04 Å². The molecule has 1 aromatic rings. The second kappa shape index (κ2) is 6.76. The molecule has 2 nitrogen and oxygen atoms in total. The summed E-state index contributed by atoms with van der Waals surface area (Å²) in [6.45, 7) is 8.44. The van der Waals surface area contributed by atoms with Crippen molar-refractivity contribution in [3.8, 4) is 0 Å². The van der Waals surface area contributed by atoms with Crippen LogP contribution in [0.1, 0.15) is 48.9 Å². The first-order valence-corrected chi connectivity index (χ1v) is 7.33. The molecule has 1 atom stereocenters. The highest BCUT2D eigenvalue weighted by Crippen LogP contribution is 2.28. The minimum atomic E-state index is 0.305. The van der Waals surface area contributed by atoms with E-state index in [1.165, 1.54) is 22.3 Å². The Kier molecular flexibility index (Phi) is 5.03. The van der Waals surface area contributed by atoms with Gasteiger partial charge in [0.05, 0.1) is 18.9 Å². The number of benzene rings is 1. The summed E-state index contributed by atoms with van der Waals surface area (Å²) in [6.07, 6.45) is 5.37. The van der Waals surface area contributed by atoms with Crippen molar-refractivity contribution in [3.63, 3.8) is 0 Å². The van der Waals surface area contributed by atoms with Crippen molar-refractivity contribution in [1.82, 2.24) is 5.32 Å². The summed E-state index contributed by atoms with van der Waals surface area (Å²) in [5, 5.41) is 3.65. The van der Waals surface area contributed by atoms with Crippen LogP contribution in [0.25, 0.3) is 0 Å². The number of ether oxygens (including phenoxy) is 1. The Morgan fingerprint density at radius 1 is 1.26 bits per heavy atom. The molecule has 0 saturated heterocycles. The molecule has 1 unspecified atom stereocenters. The van der Waals surface area contributed by atoms with Crippen molar-refractivity contribution >= 4 is 0 Å². The van der Waals surface area contributed by atoms with Gasteiger partial charge in [0.2, 0.25) is 0 Å². The molecule has 0 amide bonds. The van der Waals surface area contributed by atoms with Crippen LogP contribution < -0.4 is 5.32 Å². The summed E-state index contributed by atoms with van der Waals surface area (Å²) in [6, 6.07) is 7.07. The van der Waals surface area contributed by atoms with E-state index in [1.54, 1.807) is 0 Å². The van der Waals surface area contributed by atoms with E-state index in [9.17, 15) is 0 Å². The van der Waals surface area contributed by atoms with Gasteiger partial charge in [-0.15, -0.1) is 0 Å². The Morgan fingerprint density at radius 2 is 2.11 bits per heavy atom. The van der Waals surface area contributed by atoms with E-state index >= 15 is 0 Å². The smallest absolute Gasteiger partial charge is 0.0876 e. The third-order valence-electron chi connectivity index (χ3n) is 3.80. The lowest BCUT2D eigenvalue weighted by molar-refractivity contribution is 0.219. The van der Waals surface area contributed by atoms with Crippen molar-refractivity contribution in [2.75, 3.05) is 13.2 Å². The molecular weight excluding hydrogens is 234 g/mol. The highest BCUT2D eigenvalue weighted by Gasteiger charge is 2.18. The average Bonchev–Trinajstić information content (AvgIpc) is 2.44. The van der Waals surface area contributed by atoms with Crippen LogP contribution in [0, 0.1) is 13.8 Å². The molecule has 1 heterocycles. The number of nitrogens with one attached hydrogen (secondary N) is 1. The van der Waals surface area contributed by atoms with E-state index < -0.39 is 0 Å². The zero-order chi connectivity index (χ0) is 13.7. The van der Waals surface area contributed by atoms with Crippen molar-refractivity contribution in [1.29, 1.82) is 0 Å². The van der Waals surface area contributed by atoms with Gasteiger partial charge >= 0.3 is 0 Å². The molecule has 1 aliphatic heterocycles. The highest BCUT2D eigenvalue weighted by molar-refractivity contribution is 5.35. The molecule has 104 valence electrons. The van der Waals surface area contributed by atoms with Crippen LogP contribution in [0.4, 0.5) is 0 Å². The number of hydrogen-bond acceptors (Lipinski definition) is 2. The normalized spacial score (nSPS) is 16.7. The lowest BCUT2D eigenvalue weighted by Crippen LogP contribution is -2.25. The molecular formula is C17H25NO. The summed E-state index contributed by atoms with van der Waals surface area (Å²) in [7, 11) is 0. The standard InChI is InChI=1S/C17H25NO/c1-4-9-18-17(16-6-5-10-19-12-16)15-8-7-13(2)14(3)11-15/h7-8,11-12,17-18H,4-6,9-10H2,1-3H3. The van der Waals surface area contributed by atoms with E-state index in [-0.39, 0.29) is 0 Å². The van der Waals surface area contributed by atoms with Crippen LogP contribution in [-0.4, -0.2) is 13.2 Å². The van der Waals surface area contributed by atoms with Crippen LogP contribution in [0.2, 0.25) is 0 Å². The Morgan fingerprint density at radius 3 is 2.74 bits per heavy atom. The van der Waals surface area contributed by atoms with Gasteiger partial charge in [-0.05, 0) is 61.9 Å². The molecule has 0 aliphatic carbocycles. The quantitative estimate of drug-likeness (QED) is 0.861. The molecule has 2 heteroatoms. The van der Waals surface area contributed by atoms with Crippen LogP contribution in [0.5, 0.6) is 0 Å². The number of aryl methyl sites for hydroxylation is 2. The molecule has 0 spiro atoms. The van der Waals surface area contributed by atoms with E-state index in [1.807, 2.05) is 6.26 Å². The molecule has 0 bridgehead atoms. The molecule has 1 N–H and O–H groups in total. The van der Waals surface area contributed by atoms with Crippen LogP contribution in [0.3, 0.4) is 0 Å². The van der Waals surface area contributed by atoms with Crippen molar-refractivity contribution in [3.05, 3.63) is 46.7 Å². The summed E-state index contributed by atoms with van der Waals surface area (Å²) in [4.78, 5) is 0. The maximum atomic E-state index is 5.52. The SMILES string of the molecule is CCCNC(C1=COCCC1)c1ccc(C)c(C)c1. The van der Waals surface area contributed by atoms with Gasteiger partial charge in [-0.2, -0.15) is 0 Å². The van der Waals surface area contributed by atoms with Gasteiger partial charge in [-0.1, -0.05) is 25.1 Å². The van der Waals surface area contributed by atoms with Gasteiger partial charge in [0.1, 0.15) is 0 Å². The zero-order valence-electron chi connectivity index (χ0n) is 12.3. The topological polar surface area (TPSA) is 21.3 Å². The Labute approximate surface area is 116 Å². The van der Waals surface area contributed by atoms with E-state index in [0.717, 1.165) is 32.4 Å². The van der Waals surface area contributed by atoms with Gasteiger partial charge in [-0.25, -0.2) is 0 Å². The monoisotopic (exact) mass is 259 g/mol. The largest absolute Gasteiger partial charge is 0.501 e. The van der Waals surface area contributed by atoms with Crippen molar-refractivity contribution in [2.24, 2.45) is 0 Å². The zero-order valence-corrected chi connectivity index (χ0v) is 12.3. The third-order valence-corrected chi connectivity index (χ3v) is 3.80. The lowest BCUT2D eigenvalue weighted by atomic mass is 9.93. The maximum absolute atomic E-state index is 5.52. The fraction of sp³-hybridized carbons (Fsp3) is 0.529. The minimum absolute atomic E-state index is 0.305. The fourth-order valence-electron chi connectivity index (χ4n) is 2.49. The third kappa shape index (κ3) is 3.60. The Bertz CT molecular complexity index is 451. The van der Waals surface area contributed by atoms with Gasteiger partial charge < -0.3 is 10.1 Å². The summed E-state index contributed by atoms with van der Waals surface area (Å²) in [5.74, 6) is 0. The minimum Gasteiger partial charge on any atom is -0.501 e. The predicted molar refractivity (Wildman–Crippen MR) is 80.2 cm³/mol. The van der Waals surface area contributed by atoms with Gasteiger partial charge in [0.25, 0.3) is 0 Å². The summed E-state index contributed by atoms with van der Waals surface area (Å²) in [5.41, 5.74) is 5.45. The number of hydrogen-bond donors (Lipinski definition) is 1. The Balaban J connectivity index is 2.25. The van der Waals surface area contributed by atoms with Crippen LogP contribution in [-0.2, 0) is 4.74 Å². The van der Waals surface area contributed by atoms with E-state index in [4.69, 9.17) is 4.74 Å². The first kappa shape index (κ1) is 14.1. The van der Waals surface area contributed by atoms with Crippen molar-refractivity contribution in [2.45, 2.75) is 46.1 Å². The van der Waals surface area contributed by atoms with Crippen molar-refractivity contribution < 1.29 is 4.74 Å². The molecule has 0 fully saturated rings. The molecule has 0 aromatic heterocycles. The number of rotatable bonds is 5. The maximum Gasteiger partial charge on any atom is 0.0876 e. The molecule has 0 saturated carbocycles. The summed E-state index contributed by atoms with van der Waals surface area (Å²) < 4.78 is 5.52. The highest BCUT2D eigenvalue weighted by atomic mass is 16.5. The second-order valence-electron chi connectivity index (χ2n) is 5.40. The first-order chi connectivity index (χ1) is 9.22. The van der Waals surface area contributed by atoms with Crippen LogP contribution >= 0.6 is 0 Å². The average molecular weight is 259 g/mol. The van der Waals surface area contributed by atoms with Gasteiger partial charge in [0, 0.05) is 0 Å². The van der Waals surface area contributed by atoms with Crippen LogP contribution in [0.15, 0.2) is 30.0 Å². The lowest BCUT2D eigenvalue weighted by Gasteiger charge is -2.25. The fourth-order valence-corrected chi connectivity index (χ4v) is 2.49. The molecule has 0 radical (unpaired) electrons.